The SMILES string of the molecule is C.C.CCCCN(C)N(CCC1CCCCC1)Cc1ccc(C(=O)N[C@@H](CCSC)C(=O)O)c(-c2ccccc2C)c1.CCCCN(C)N(CCC1CCCCC1)Cc1ccc(C(=O)N[C@@H](CCSC)C(=O)O)c(-c2ccccc2C)c1. The van der Waals surface area contributed by atoms with Crippen LogP contribution in [0.5, 0.6) is 0 Å². The maximum atomic E-state index is 13.5. The Balaban J connectivity index is 0.000000420. The first-order valence-electron chi connectivity index (χ1n) is 30.0. The zero-order chi connectivity index (χ0) is 57.8. The minimum Gasteiger partial charge on any atom is -0.480 e. The normalized spacial score (nSPS) is 14.6. The van der Waals surface area contributed by atoms with Crippen molar-refractivity contribution in [3.63, 3.8) is 0 Å². The molecule has 456 valence electrons. The summed E-state index contributed by atoms with van der Waals surface area (Å²) in [7, 11) is 4.39. The average Bonchev–Trinajstić information content (AvgIpc) is 3.50. The fourth-order valence-electron chi connectivity index (χ4n) is 11.3. The van der Waals surface area contributed by atoms with Crippen LogP contribution in [0, 0.1) is 25.7 Å². The van der Waals surface area contributed by atoms with Crippen molar-refractivity contribution in [2.24, 2.45) is 11.8 Å². The number of nitrogens with zero attached hydrogens (tertiary/aromatic N) is 4. The van der Waals surface area contributed by atoms with Crippen LogP contribution in [-0.2, 0) is 22.7 Å². The van der Waals surface area contributed by atoms with E-state index in [4.69, 9.17) is 0 Å². The number of thioether (sulfide) groups is 2. The molecule has 2 aliphatic rings. The summed E-state index contributed by atoms with van der Waals surface area (Å²) in [5.41, 5.74) is 9.20. The summed E-state index contributed by atoms with van der Waals surface area (Å²) in [6.45, 7) is 14.2. The summed E-state index contributed by atoms with van der Waals surface area (Å²) in [5, 5.41) is 34.7. The zero-order valence-electron chi connectivity index (χ0n) is 49.9. The molecule has 0 radical (unpaired) electrons. The summed E-state index contributed by atoms with van der Waals surface area (Å²) < 4.78 is 0. The Labute approximate surface area is 504 Å². The van der Waals surface area contributed by atoms with Crippen LogP contribution < -0.4 is 10.6 Å². The van der Waals surface area contributed by atoms with Crippen molar-refractivity contribution in [2.75, 3.05) is 64.3 Å². The Hall–Kier alpha value is -4.70. The number of carbonyl (C=O) groups excluding carboxylic acids is 2. The number of hydrogen-bond donors (Lipinski definition) is 4. The largest absolute Gasteiger partial charge is 0.480 e. The van der Waals surface area contributed by atoms with Gasteiger partial charge in [0.2, 0.25) is 0 Å². The highest BCUT2D eigenvalue weighted by atomic mass is 32.2. The van der Waals surface area contributed by atoms with Gasteiger partial charge >= 0.3 is 11.9 Å². The first-order chi connectivity index (χ1) is 38.7. The van der Waals surface area contributed by atoms with E-state index in [1.807, 2.05) is 73.2 Å². The molecule has 0 heterocycles. The Morgan fingerprint density at radius 2 is 0.902 bits per heavy atom. The number of aliphatic carboxylic acids is 2. The molecule has 2 amide bonds. The summed E-state index contributed by atoms with van der Waals surface area (Å²) in [6.07, 6.45) is 25.3. The topological polar surface area (TPSA) is 146 Å². The van der Waals surface area contributed by atoms with Crippen LogP contribution in [0.25, 0.3) is 22.3 Å². The van der Waals surface area contributed by atoms with E-state index in [9.17, 15) is 29.4 Å². The van der Waals surface area contributed by atoms with Gasteiger partial charge < -0.3 is 20.8 Å². The minimum atomic E-state index is -1.000. The van der Waals surface area contributed by atoms with Crippen LogP contribution in [-0.4, -0.2) is 130 Å². The molecule has 0 aliphatic heterocycles. The first-order valence-corrected chi connectivity index (χ1v) is 32.8. The highest BCUT2D eigenvalue weighted by Gasteiger charge is 2.26. The van der Waals surface area contributed by atoms with E-state index in [-0.39, 0.29) is 26.7 Å². The van der Waals surface area contributed by atoms with Gasteiger partial charge in [-0.05, 0) is 157 Å². The molecule has 12 nitrogen and oxygen atoms in total. The van der Waals surface area contributed by atoms with E-state index in [1.54, 1.807) is 23.5 Å². The fourth-order valence-corrected chi connectivity index (χ4v) is 12.2. The van der Waals surface area contributed by atoms with Crippen molar-refractivity contribution in [1.82, 2.24) is 30.7 Å². The third-order valence-electron chi connectivity index (χ3n) is 16.4. The van der Waals surface area contributed by atoms with E-state index < -0.39 is 24.0 Å². The Kier molecular flexibility index (Phi) is 34.1. The number of carboxylic acid groups (broad SMARTS) is 2. The van der Waals surface area contributed by atoms with Crippen molar-refractivity contribution in [1.29, 1.82) is 0 Å². The van der Waals surface area contributed by atoms with Gasteiger partial charge in [-0.2, -0.15) is 23.5 Å². The maximum Gasteiger partial charge on any atom is 0.326 e. The highest BCUT2D eigenvalue weighted by Crippen LogP contribution is 2.33. The fraction of sp³-hybridized carbons (Fsp3) is 0.588. The number of benzene rings is 4. The van der Waals surface area contributed by atoms with Crippen molar-refractivity contribution >= 4 is 47.3 Å². The molecule has 0 unspecified atom stereocenters. The first kappa shape index (κ1) is 71.6. The van der Waals surface area contributed by atoms with Gasteiger partial charge in [-0.3, -0.25) is 9.59 Å². The molecule has 2 fully saturated rings. The number of carbonyl (C=O) groups is 4. The molecular formula is C68H106N6O6S2. The number of aryl methyl sites for hydroxylation is 2. The summed E-state index contributed by atoms with van der Waals surface area (Å²) in [4.78, 5) is 50.6. The molecule has 0 aromatic heterocycles. The lowest BCUT2D eigenvalue weighted by Crippen LogP contribution is -2.41. The second kappa shape index (κ2) is 39.0. The van der Waals surface area contributed by atoms with Gasteiger partial charge in [-0.25, -0.2) is 29.6 Å². The van der Waals surface area contributed by atoms with Gasteiger partial charge in [-0.15, -0.1) is 0 Å². The van der Waals surface area contributed by atoms with Crippen molar-refractivity contribution in [2.45, 2.75) is 183 Å². The molecule has 0 saturated heterocycles. The van der Waals surface area contributed by atoms with E-state index in [2.05, 4.69) is 96.7 Å². The number of amides is 2. The molecule has 82 heavy (non-hydrogen) atoms. The lowest BCUT2D eigenvalue weighted by atomic mass is 9.87. The lowest BCUT2D eigenvalue weighted by Gasteiger charge is -2.34. The zero-order valence-corrected chi connectivity index (χ0v) is 51.5. The summed E-state index contributed by atoms with van der Waals surface area (Å²) in [5.74, 6) is 0.294. The third-order valence-corrected chi connectivity index (χ3v) is 17.7. The summed E-state index contributed by atoms with van der Waals surface area (Å²) >= 11 is 3.15. The van der Waals surface area contributed by atoms with E-state index in [1.165, 1.54) is 77.0 Å². The number of rotatable bonds is 32. The second-order valence-electron chi connectivity index (χ2n) is 22.5. The van der Waals surface area contributed by atoms with Crippen LogP contribution in [0.4, 0.5) is 0 Å². The number of hydrogen-bond acceptors (Lipinski definition) is 10. The third kappa shape index (κ3) is 23.4. The number of hydrazine groups is 2. The van der Waals surface area contributed by atoms with Crippen LogP contribution in [0.15, 0.2) is 84.9 Å². The maximum absolute atomic E-state index is 13.5. The predicted octanol–water partition coefficient (Wildman–Crippen LogP) is 15.3. The van der Waals surface area contributed by atoms with Crippen LogP contribution in [0.3, 0.4) is 0 Å². The van der Waals surface area contributed by atoms with E-state index >= 15 is 0 Å². The molecule has 4 N–H and O–H groups in total. The van der Waals surface area contributed by atoms with Gasteiger partial charge in [0.25, 0.3) is 11.8 Å². The van der Waals surface area contributed by atoms with Gasteiger partial charge in [0.1, 0.15) is 12.1 Å². The average molecular weight is 1170 g/mol. The molecule has 0 spiro atoms. The Morgan fingerprint density at radius 3 is 1.23 bits per heavy atom. The van der Waals surface area contributed by atoms with Crippen LogP contribution >= 0.6 is 23.5 Å². The standard InChI is InChI=1S/2C33H49N3O3S.2CH4/c2*1-5-6-20-35(3)36(21-18-26-13-8-7-9-14-26)24-27-16-17-29(30(23-27)28-15-11-10-12-25(28)2)32(37)34-31(33(38)39)19-22-40-4;;/h2*10-12,15-17,23,26,31H,5-9,13-14,18-22,24H2,1-4H3,(H,34,37)(H,38,39);2*1H4/t2*31-;;/m00../s1. The molecule has 4 aromatic carbocycles. The van der Waals surface area contributed by atoms with Crippen molar-refractivity contribution in [3.05, 3.63) is 118 Å². The smallest absolute Gasteiger partial charge is 0.326 e. The van der Waals surface area contributed by atoms with E-state index in [0.717, 1.165) is 121 Å². The molecular weight excluding hydrogens is 1060 g/mol. The van der Waals surface area contributed by atoms with Crippen LogP contribution in [0.2, 0.25) is 0 Å². The Bertz CT molecular complexity index is 2340. The molecule has 2 aliphatic carbocycles. The molecule has 4 aromatic rings. The minimum absolute atomic E-state index is 0. The second-order valence-corrected chi connectivity index (χ2v) is 24.5. The van der Waals surface area contributed by atoms with Gasteiger partial charge in [0.15, 0.2) is 0 Å². The number of nitrogens with one attached hydrogen (secondary N) is 2. The monoisotopic (exact) mass is 1170 g/mol. The quantitative estimate of drug-likeness (QED) is 0.0345. The number of carboxylic acids is 2. The molecule has 2 saturated carbocycles. The molecule has 0 bridgehead atoms. The Morgan fingerprint density at radius 1 is 0.537 bits per heavy atom. The van der Waals surface area contributed by atoms with Gasteiger partial charge in [0, 0.05) is 64.5 Å². The molecule has 6 rings (SSSR count). The van der Waals surface area contributed by atoms with E-state index in [0.29, 0.717) is 35.5 Å². The summed E-state index contributed by atoms with van der Waals surface area (Å²) in [6, 6.07) is 26.5. The van der Waals surface area contributed by atoms with Gasteiger partial charge in [0.05, 0.1) is 0 Å². The van der Waals surface area contributed by atoms with Crippen molar-refractivity contribution < 1.29 is 29.4 Å². The van der Waals surface area contributed by atoms with Crippen molar-refractivity contribution in [3.8, 4) is 22.3 Å². The highest BCUT2D eigenvalue weighted by molar-refractivity contribution is 7.98. The van der Waals surface area contributed by atoms with Gasteiger partial charge in [-0.1, -0.05) is 166 Å². The van der Waals surface area contributed by atoms with Crippen LogP contribution in [0.1, 0.15) is 187 Å². The predicted molar refractivity (Wildman–Crippen MR) is 349 cm³/mol. The number of unbranched alkanes of at least 4 members (excludes halogenated alkanes) is 2. The molecule has 2 atom stereocenters. The molecule has 14 heteroatoms. The lowest BCUT2D eigenvalue weighted by molar-refractivity contribution is -0.140.